The van der Waals surface area contributed by atoms with Crippen molar-refractivity contribution >= 4 is 0 Å². The van der Waals surface area contributed by atoms with E-state index in [1.54, 1.807) is 0 Å². The van der Waals surface area contributed by atoms with Crippen molar-refractivity contribution in [3.05, 3.63) is 53.6 Å². The minimum atomic E-state index is 0.0946. The molecule has 4 heteroatoms. The summed E-state index contributed by atoms with van der Waals surface area (Å²) in [5.41, 5.74) is 7.71. The summed E-state index contributed by atoms with van der Waals surface area (Å²) in [6, 6.07) is 11.7. The Balaban J connectivity index is 2.05. The Labute approximate surface area is 113 Å². The average molecular weight is 257 g/mol. The Bertz CT molecular complexity index is 526. The fourth-order valence-electron chi connectivity index (χ4n) is 1.86. The minimum absolute atomic E-state index is 0.0946. The van der Waals surface area contributed by atoms with Gasteiger partial charge in [-0.05, 0) is 32.0 Å². The second kappa shape index (κ2) is 6.29. The molecular weight excluding hydrogens is 238 g/mol. The summed E-state index contributed by atoms with van der Waals surface area (Å²) < 4.78 is 5.65. The Morgan fingerprint density at radius 2 is 1.95 bits per heavy atom. The molecule has 4 nitrogen and oxygen atoms in total. The van der Waals surface area contributed by atoms with Gasteiger partial charge in [-0.1, -0.05) is 18.2 Å². The van der Waals surface area contributed by atoms with Gasteiger partial charge in [0.25, 0.3) is 0 Å². The molecule has 0 aliphatic heterocycles. The Morgan fingerprint density at radius 1 is 1.21 bits per heavy atom. The van der Waals surface area contributed by atoms with Crippen LogP contribution in [0.3, 0.4) is 0 Å². The van der Waals surface area contributed by atoms with Gasteiger partial charge in [-0.15, -0.1) is 0 Å². The Morgan fingerprint density at radius 3 is 2.63 bits per heavy atom. The summed E-state index contributed by atoms with van der Waals surface area (Å²) in [5.74, 6) is 1.51. The van der Waals surface area contributed by atoms with Gasteiger partial charge >= 0.3 is 0 Å². The summed E-state index contributed by atoms with van der Waals surface area (Å²) in [5, 5.41) is 0. The molecule has 2 N–H and O–H groups in total. The van der Waals surface area contributed by atoms with Crippen molar-refractivity contribution in [3.63, 3.8) is 0 Å². The van der Waals surface area contributed by atoms with Crippen LogP contribution in [0.1, 0.15) is 24.1 Å². The van der Waals surface area contributed by atoms with Crippen molar-refractivity contribution in [2.24, 2.45) is 5.73 Å². The maximum atomic E-state index is 5.80. The molecule has 1 unspecified atom stereocenters. The lowest BCUT2D eigenvalue weighted by molar-refractivity contribution is 0.295. The quantitative estimate of drug-likeness (QED) is 0.892. The molecule has 2 rings (SSSR count). The van der Waals surface area contributed by atoms with Crippen LogP contribution in [0.25, 0.3) is 0 Å². The predicted octanol–water partition coefficient (Wildman–Crippen LogP) is 2.25. The fraction of sp³-hybridized carbons (Fsp3) is 0.333. The first-order chi connectivity index (χ1) is 9.13. The third-order valence-corrected chi connectivity index (χ3v) is 2.60. The molecule has 2 aromatic rings. The van der Waals surface area contributed by atoms with E-state index in [4.69, 9.17) is 10.5 Å². The van der Waals surface area contributed by atoms with Crippen LogP contribution in [0.5, 0.6) is 5.75 Å². The molecule has 0 saturated heterocycles. The summed E-state index contributed by atoms with van der Waals surface area (Å²) in [6.45, 7) is 4.30. The first-order valence-electron chi connectivity index (χ1n) is 6.40. The van der Waals surface area contributed by atoms with E-state index in [9.17, 15) is 0 Å². The molecule has 0 radical (unpaired) electrons. The number of benzene rings is 1. The van der Waals surface area contributed by atoms with Gasteiger partial charge in [-0.25, -0.2) is 9.97 Å². The number of aryl methyl sites for hydroxylation is 1. The molecule has 0 spiro atoms. The maximum absolute atomic E-state index is 5.80. The Hall–Kier alpha value is -1.94. The zero-order valence-corrected chi connectivity index (χ0v) is 11.3. The van der Waals surface area contributed by atoms with Crippen LogP contribution in [-0.4, -0.2) is 16.0 Å². The number of hydrogen-bond acceptors (Lipinski definition) is 4. The number of para-hydroxylation sites is 1. The van der Waals surface area contributed by atoms with Crippen molar-refractivity contribution in [1.82, 2.24) is 9.97 Å². The zero-order chi connectivity index (χ0) is 13.7. The number of hydrogen-bond donors (Lipinski definition) is 1. The van der Waals surface area contributed by atoms with Crippen molar-refractivity contribution < 1.29 is 4.74 Å². The first kappa shape index (κ1) is 13.5. The van der Waals surface area contributed by atoms with E-state index >= 15 is 0 Å². The molecule has 0 bridgehead atoms. The van der Waals surface area contributed by atoms with Gasteiger partial charge in [0, 0.05) is 23.9 Å². The van der Waals surface area contributed by atoms with Gasteiger partial charge in [0.1, 0.15) is 12.4 Å². The average Bonchev–Trinajstić information content (AvgIpc) is 2.36. The molecule has 0 amide bonds. The molecule has 0 saturated carbocycles. The highest BCUT2D eigenvalue weighted by Crippen LogP contribution is 2.11. The Kier molecular flexibility index (Phi) is 4.47. The number of ether oxygens (including phenoxy) is 1. The summed E-state index contributed by atoms with van der Waals surface area (Å²) in [4.78, 5) is 8.85. The molecule has 0 aliphatic carbocycles. The predicted molar refractivity (Wildman–Crippen MR) is 74.9 cm³/mol. The molecule has 1 heterocycles. The SMILES string of the molecule is Cc1cc(CC(C)N)nc(COc2ccccc2)n1. The second-order valence-electron chi connectivity index (χ2n) is 4.70. The fourth-order valence-corrected chi connectivity index (χ4v) is 1.86. The monoisotopic (exact) mass is 257 g/mol. The standard InChI is InChI=1S/C15H19N3O/c1-11(16)8-13-9-12(2)17-15(18-13)10-19-14-6-4-3-5-7-14/h3-7,9,11H,8,10,16H2,1-2H3. The van der Waals surface area contributed by atoms with Gasteiger partial charge in [0.2, 0.25) is 0 Å². The normalized spacial score (nSPS) is 12.2. The molecule has 1 aromatic heterocycles. The molecular formula is C15H19N3O. The minimum Gasteiger partial charge on any atom is -0.486 e. The summed E-state index contributed by atoms with van der Waals surface area (Å²) in [6.07, 6.45) is 0.752. The number of aromatic nitrogens is 2. The lowest BCUT2D eigenvalue weighted by Crippen LogP contribution is -2.19. The summed E-state index contributed by atoms with van der Waals surface area (Å²) in [7, 11) is 0. The van der Waals surface area contributed by atoms with Crippen molar-refractivity contribution in [2.75, 3.05) is 0 Å². The van der Waals surface area contributed by atoms with E-state index in [2.05, 4.69) is 9.97 Å². The van der Waals surface area contributed by atoms with Crippen molar-refractivity contribution in [1.29, 1.82) is 0 Å². The van der Waals surface area contributed by atoms with Gasteiger partial charge in [0.05, 0.1) is 0 Å². The van der Waals surface area contributed by atoms with Crippen LogP contribution < -0.4 is 10.5 Å². The molecule has 0 aliphatic rings. The van der Waals surface area contributed by atoms with E-state index in [0.29, 0.717) is 12.4 Å². The van der Waals surface area contributed by atoms with Crippen LogP contribution in [0.2, 0.25) is 0 Å². The molecule has 100 valence electrons. The van der Waals surface area contributed by atoms with Crippen molar-refractivity contribution in [2.45, 2.75) is 32.9 Å². The van der Waals surface area contributed by atoms with Crippen LogP contribution in [0.15, 0.2) is 36.4 Å². The van der Waals surface area contributed by atoms with Gasteiger partial charge in [0.15, 0.2) is 5.82 Å². The second-order valence-corrected chi connectivity index (χ2v) is 4.70. The smallest absolute Gasteiger partial charge is 0.166 e. The van der Waals surface area contributed by atoms with E-state index in [-0.39, 0.29) is 6.04 Å². The van der Waals surface area contributed by atoms with E-state index < -0.39 is 0 Å². The van der Waals surface area contributed by atoms with Crippen LogP contribution in [-0.2, 0) is 13.0 Å². The first-order valence-corrected chi connectivity index (χ1v) is 6.40. The number of nitrogens with two attached hydrogens (primary N) is 1. The third kappa shape index (κ3) is 4.34. The lowest BCUT2D eigenvalue weighted by atomic mass is 10.2. The lowest BCUT2D eigenvalue weighted by Gasteiger charge is -2.09. The largest absolute Gasteiger partial charge is 0.486 e. The highest BCUT2D eigenvalue weighted by molar-refractivity contribution is 5.21. The molecule has 0 fully saturated rings. The van der Waals surface area contributed by atoms with Crippen LogP contribution in [0, 0.1) is 6.92 Å². The van der Waals surface area contributed by atoms with E-state index in [1.165, 1.54) is 0 Å². The van der Waals surface area contributed by atoms with E-state index in [1.807, 2.05) is 50.2 Å². The summed E-state index contributed by atoms with van der Waals surface area (Å²) >= 11 is 0. The highest BCUT2D eigenvalue weighted by atomic mass is 16.5. The number of nitrogens with zero attached hydrogens (tertiary/aromatic N) is 2. The molecule has 1 atom stereocenters. The van der Waals surface area contributed by atoms with Gasteiger partial charge < -0.3 is 10.5 Å². The maximum Gasteiger partial charge on any atom is 0.166 e. The third-order valence-electron chi connectivity index (χ3n) is 2.60. The number of rotatable bonds is 5. The van der Waals surface area contributed by atoms with Gasteiger partial charge in [-0.3, -0.25) is 0 Å². The van der Waals surface area contributed by atoms with Gasteiger partial charge in [-0.2, -0.15) is 0 Å². The molecule has 19 heavy (non-hydrogen) atoms. The van der Waals surface area contributed by atoms with Crippen LogP contribution >= 0.6 is 0 Å². The van der Waals surface area contributed by atoms with E-state index in [0.717, 1.165) is 23.6 Å². The zero-order valence-electron chi connectivity index (χ0n) is 11.3. The highest BCUT2D eigenvalue weighted by Gasteiger charge is 2.05. The molecule has 1 aromatic carbocycles. The van der Waals surface area contributed by atoms with Crippen molar-refractivity contribution in [3.8, 4) is 5.75 Å². The van der Waals surface area contributed by atoms with Crippen LogP contribution in [0.4, 0.5) is 0 Å². The topological polar surface area (TPSA) is 61.0 Å².